The lowest BCUT2D eigenvalue weighted by molar-refractivity contribution is -0.156. The molecule has 1 aliphatic rings. The minimum Gasteiger partial charge on any atom is -0.474 e. The number of piperidine rings is 1. The molecule has 1 unspecified atom stereocenters. The van der Waals surface area contributed by atoms with Gasteiger partial charge in [0.05, 0.1) is 5.41 Å². The van der Waals surface area contributed by atoms with Gasteiger partial charge >= 0.3 is 0 Å². The highest BCUT2D eigenvalue weighted by Gasteiger charge is 2.49. The molecule has 1 fully saturated rings. The minimum absolute atomic E-state index is 0.181. The largest absolute Gasteiger partial charge is 0.474 e. The lowest BCUT2D eigenvalue weighted by Crippen LogP contribution is -2.57. The summed E-state index contributed by atoms with van der Waals surface area (Å²) in [5.41, 5.74) is 1.88. The van der Waals surface area contributed by atoms with Crippen molar-refractivity contribution in [1.29, 1.82) is 0 Å². The Labute approximate surface area is 165 Å². The van der Waals surface area contributed by atoms with Crippen LogP contribution in [-0.4, -0.2) is 39.4 Å². The summed E-state index contributed by atoms with van der Waals surface area (Å²) in [6.45, 7) is 5.54. The molecule has 1 saturated heterocycles. The molecule has 1 N–H and O–H groups in total. The summed E-state index contributed by atoms with van der Waals surface area (Å²) in [6.07, 6.45) is 4.99. The molecular formula is C20H26N2O2S2. The summed E-state index contributed by atoms with van der Waals surface area (Å²) in [5.74, 6) is 0.183. The van der Waals surface area contributed by atoms with Gasteiger partial charge in [-0.3, -0.25) is 4.79 Å². The van der Waals surface area contributed by atoms with E-state index >= 15 is 0 Å². The van der Waals surface area contributed by atoms with Gasteiger partial charge in [0, 0.05) is 36.6 Å². The Morgan fingerprint density at radius 2 is 2.12 bits per heavy atom. The van der Waals surface area contributed by atoms with Crippen LogP contribution in [0.3, 0.4) is 0 Å². The SMILES string of the molecule is CCC1(CC)C(=O)N(CCc2c[nH]c3ccccc23)CCC1OC(=S)S. The van der Waals surface area contributed by atoms with Crippen LogP contribution in [0, 0.1) is 5.41 Å². The molecule has 1 aromatic heterocycles. The van der Waals surface area contributed by atoms with E-state index in [0.717, 1.165) is 37.7 Å². The number of carbonyl (C=O) groups excluding carboxylic acids is 1. The highest BCUT2D eigenvalue weighted by molar-refractivity contribution is 8.10. The Bertz CT molecular complexity index is 798. The van der Waals surface area contributed by atoms with E-state index in [1.807, 2.05) is 17.0 Å². The number of para-hydroxylation sites is 1. The van der Waals surface area contributed by atoms with E-state index in [9.17, 15) is 4.79 Å². The molecule has 140 valence electrons. The maximum absolute atomic E-state index is 13.3. The first-order valence-corrected chi connectivity index (χ1v) is 10.1. The zero-order chi connectivity index (χ0) is 18.7. The summed E-state index contributed by atoms with van der Waals surface area (Å²) in [5, 5.41) is 1.23. The van der Waals surface area contributed by atoms with Gasteiger partial charge in [-0.2, -0.15) is 0 Å². The van der Waals surface area contributed by atoms with Crippen LogP contribution in [-0.2, 0) is 16.0 Å². The van der Waals surface area contributed by atoms with Gasteiger partial charge in [-0.1, -0.05) is 44.7 Å². The van der Waals surface area contributed by atoms with Crippen molar-refractivity contribution in [3.63, 3.8) is 0 Å². The van der Waals surface area contributed by atoms with E-state index in [0.29, 0.717) is 6.54 Å². The van der Waals surface area contributed by atoms with Gasteiger partial charge in [-0.15, -0.1) is 0 Å². The molecule has 3 rings (SSSR count). The number of aromatic nitrogens is 1. The van der Waals surface area contributed by atoms with Gasteiger partial charge in [-0.05, 0) is 43.1 Å². The Kier molecular flexibility index (Phi) is 5.92. The van der Waals surface area contributed by atoms with Crippen LogP contribution in [0.25, 0.3) is 10.9 Å². The number of nitrogens with one attached hydrogen (secondary N) is 1. The third kappa shape index (κ3) is 3.49. The predicted octanol–water partition coefficient (Wildman–Crippen LogP) is 4.35. The van der Waals surface area contributed by atoms with Gasteiger partial charge < -0.3 is 14.6 Å². The van der Waals surface area contributed by atoms with Crippen molar-refractivity contribution in [1.82, 2.24) is 9.88 Å². The van der Waals surface area contributed by atoms with Gasteiger partial charge in [0.1, 0.15) is 6.10 Å². The zero-order valence-electron chi connectivity index (χ0n) is 15.3. The third-order valence-corrected chi connectivity index (χ3v) is 6.02. The maximum atomic E-state index is 13.3. The van der Waals surface area contributed by atoms with Crippen LogP contribution >= 0.6 is 24.8 Å². The molecule has 6 heteroatoms. The molecule has 26 heavy (non-hydrogen) atoms. The monoisotopic (exact) mass is 390 g/mol. The van der Waals surface area contributed by atoms with Crippen molar-refractivity contribution in [3.05, 3.63) is 36.0 Å². The van der Waals surface area contributed by atoms with Crippen LogP contribution in [0.5, 0.6) is 0 Å². The second-order valence-electron chi connectivity index (χ2n) is 6.93. The Morgan fingerprint density at radius 1 is 1.38 bits per heavy atom. The Morgan fingerprint density at radius 3 is 2.81 bits per heavy atom. The number of carbonyl (C=O) groups is 1. The number of fused-ring (bicyclic) bond motifs is 1. The fraction of sp³-hybridized carbons (Fsp3) is 0.500. The van der Waals surface area contributed by atoms with Crippen molar-refractivity contribution in [2.24, 2.45) is 5.41 Å². The highest BCUT2D eigenvalue weighted by atomic mass is 32.1. The van der Waals surface area contributed by atoms with Crippen LogP contribution in [0.15, 0.2) is 30.5 Å². The average Bonchev–Trinajstić information content (AvgIpc) is 3.05. The van der Waals surface area contributed by atoms with Gasteiger partial charge in [0.2, 0.25) is 10.3 Å². The molecule has 0 saturated carbocycles. The van der Waals surface area contributed by atoms with Crippen molar-refractivity contribution in [2.75, 3.05) is 13.1 Å². The number of H-pyrrole nitrogens is 1. The van der Waals surface area contributed by atoms with E-state index in [1.165, 1.54) is 10.9 Å². The molecule has 0 spiro atoms. The number of aromatic amines is 1. The van der Waals surface area contributed by atoms with Crippen molar-refractivity contribution in [2.45, 2.75) is 45.6 Å². The summed E-state index contributed by atoms with van der Waals surface area (Å²) >= 11 is 9.12. The molecule has 2 heterocycles. The smallest absolute Gasteiger partial charge is 0.232 e. The molecule has 0 bridgehead atoms. The van der Waals surface area contributed by atoms with E-state index < -0.39 is 5.41 Å². The number of amides is 1. The fourth-order valence-electron chi connectivity index (χ4n) is 4.21. The van der Waals surface area contributed by atoms with Crippen LogP contribution in [0.4, 0.5) is 0 Å². The molecule has 0 aliphatic carbocycles. The van der Waals surface area contributed by atoms with Gasteiger partial charge in [0.25, 0.3) is 0 Å². The van der Waals surface area contributed by atoms with E-state index in [1.54, 1.807) is 0 Å². The van der Waals surface area contributed by atoms with Crippen molar-refractivity contribution in [3.8, 4) is 0 Å². The molecule has 2 aromatic rings. The summed E-state index contributed by atoms with van der Waals surface area (Å²) < 4.78 is 5.98. The third-order valence-electron chi connectivity index (χ3n) is 5.82. The lowest BCUT2D eigenvalue weighted by Gasteiger charge is -2.46. The van der Waals surface area contributed by atoms with Crippen LogP contribution in [0.2, 0.25) is 0 Å². The fourth-order valence-corrected chi connectivity index (χ4v) is 4.46. The number of ether oxygens (including phenoxy) is 1. The summed E-state index contributed by atoms with van der Waals surface area (Å²) in [4.78, 5) is 18.6. The zero-order valence-corrected chi connectivity index (χ0v) is 17.0. The van der Waals surface area contributed by atoms with Gasteiger partial charge in [0.15, 0.2) is 0 Å². The summed E-state index contributed by atoms with van der Waals surface area (Å²) in [7, 11) is 0. The quantitative estimate of drug-likeness (QED) is 0.569. The lowest BCUT2D eigenvalue weighted by atomic mass is 9.72. The topological polar surface area (TPSA) is 45.3 Å². The van der Waals surface area contributed by atoms with Gasteiger partial charge in [-0.25, -0.2) is 0 Å². The second kappa shape index (κ2) is 8.01. The molecule has 0 radical (unpaired) electrons. The van der Waals surface area contributed by atoms with Crippen molar-refractivity contribution >= 4 is 46.0 Å². The number of nitrogens with zero attached hydrogens (tertiary/aromatic N) is 1. The number of likely N-dealkylation sites (tertiary alicyclic amines) is 1. The minimum atomic E-state index is -0.509. The van der Waals surface area contributed by atoms with E-state index in [4.69, 9.17) is 17.0 Å². The number of benzene rings is 1. The average molecular weight is 391 g/mol. The molecule has 1 aromatic carbocycles. The number of thiocarbonyl (C=S) groups is 1. The van der Waals surface area contributed by atoms with Crippen LogP contribution in [0.1, 0.15) is 38.7 Å². The summed E-state index contributed by atoms with van der Waals surface area (Å²) in [6, 6.07) is 8.28. The molecule has 1 atom stereocenters. The normalized spacial score (nSPS) is 19.7. The first-order chi connectivity index (χ1) is 12.5. The second-order valence-corrected chi connectivity index (χ2v) is 8.01. The number of thiol groups is 1. The van der Waals surface area contributed by atoms with E-state index in [-0.39, 0.29) is 16.4 Å². The standard InChI is InChI=1S/C20H26N2O2S2/c1-3-20(4-2)17(24-19(25)26)10-12-22(18(20)23)11-9-14-13-21-16-8-6-5-7-15(14)16/h5-8,13,17,21H,3-4,9-12H2,1-2H3,(H,25,26). The molecular weight excluding hydrogens is 364 g/mol. The Hall–Kier alpha value is -1.53. The number of hydrogen-bond donors (Lipinski definition) is 2. The van der Waals surface area contributed by atoms with Crippen LogP contribution < -0.4 is 0 Å². The Balaban J connectivity index is 1.75. The number of hydrogen-bond acceptors (Lipinski definition) is 3. The molecule has 4 nitrogen and oxygen atoms in total. The first-order valence-electron chi connectivity index (χ1n) is 9.25. The maximum Gasteiger partial charge on any atom is 0.232 e. The highest BCUT2D eigenvalue weighted by Crippen LogP contribution is 2.40. The predicted molar refractivity (Wildman–Crippen MR) is 113 cm³/mol. The molecule has 1 amide bonds. The first kappa shape index (κ1) is 19.2. The van der Waals surface area contributed by atoms with Crippen molar-refractivity contribution < 1.29 is 9.53 Å². The van der Waals surface area contributed by atoms with E-state index in [2.05, 4.69) is 49.8 Å². The number of rotatable bonds is 6. The molecule has 1 aliphatic heterocycles.